The molecular formula is C14H20N6O. The molecule has 0 spiro atoms. The van der Waals surface area contributed by atoms with E-state index in [1.165, 1.54) is 0 Å². The third kappa shape index (κ3) is 2.91. The molecule has 0 aliphatic carbocycles. The zero-order valence-corrected chi connectivity index (χ0v) is 12.1. The predicted molar refractivity (Wildman–Crippen MR) is 78.5 cm³/mol. The van der Waals surface area contributed by atoms with Crippen LogP contribution in [0.1, 0.15) is 30.3 Å². The van der Waals surface area contributed by atoms with Crippen LogP contribution >= 0.6 is 0 Å². The molecule has 0 aromatic carbocycles. The summed E-state index contributed by atoms with van der Waals surface area (Å²) in [6.07, 6.45) is 5.62. The standard InChI is InChI=1S/C14H20N6O/c1-10-7-12(15)20(18-10)9-13(21)19-6-2-3-11(8-19)14-16-4-5-17-14/h4-5,7,11H,2-3,6,8-9,15H2,1H3,(H,16,17)/t11-/m1/s1. The van der Waals surface area contributed by atoms with Gasteiger partial charge in [-0.2, -0.15) is 5.10 Å². The van der Waals surface area contributed by atoms with Crippen LogP contribution in [0.5, 0.6) is 0 Å². The fourth-order valence-corrected chi connectivity index (χ4v) is 2.85. The first-order chi connectivity index (χ1) is 10.1. The summed E-state index contributed by atoms with van der Waals surface area (Å²) in [4.78, 5) is 21.8. The minimum Gasteiger partial charge on any atom is -0.384 e. The molecule has 1 fully saturated rings. The van der Waals surface area contributed by atoms with Gasteiger partial charge in [-0.25, -0.2) is 9.67 Å². The SMILES string of the molecule is Cc1cc(N)n(CC(=O)N2CCC[C@@H](c3ncc[nH]3)C2)n1. The molecule has 2 aromatic heterocycles. The number of amides is 1. The minimum absolute atomic E-state index is 0.0565. The van der Waals surface area contributed by atoms with E-state index >= 15 is 0 Å². The summed E-state index contributed by atoms with van der Waals surface area (Å²) in [6.45, 7) is 3.55. The van der Waals surface area contributed by atoms with Crippen molar-refractivity contribution in [1.82, 2.24) is 24.6 Å². The summed E-state index contributed by atoms with van der Waals surface area (Å²) in [6, 6.07) is 1.77. The number of rotatable bonds is 3. The Hall–Kier alpha value is -2.31. The lowest BCUT2D eigenvalue weighted by atomic mass is 9.97. The van der Waals surface area contributed by atoms with Crippen molar-refractivity contribution >= 4 is 11.7 Å². The van der Waals surface area contributed by atoms with Crippen molar-refractivity contribution in [2.24, 2.45) is 0 Å². The van der Waals surface area contributed by atoms with E-state index in [2.05, 4.69) is 15.1 Å². The molecule has 0 radical (unpaired) electrons. The summed E-state index contributed by atoms with van der Waals surface area (Å²) in [5.74, 6) is 1.83. The number of anilines is 1. The summed E-state index contributed by atoms with van der Waals surface area (Å²) in [5.41, 5.74) is 6.66. The molecular weight excluding hydrogens is 268 g/mol. The lowest BCUT2D eigenvalue weighted by Gasteiger charge is -2.32. The minimum atomic E-state index is 0.0565. The Morgan fingerprint density at radius 1 is 1.57 bits per heavy atom. The van der Waals surface area contributed by atoms with Crippen LogP contribution in [0.2, 0.25) is 0 Å². The first kappa shape index (κ1) is 13.7. The summed E-state index contributed by atoms with van der Waals surface area (Å²) >= 11 is 0. The van der Waals surface area contributed by atoms with Crippen LogP contribution in [0.3, 0.4) is 0 Å². The lowest BCUT2D eigenvalue weighted by Crippen LogP contribution is -2.41. The molecule has 0 unspecified atom stereocenters. The molecule has 3 heterocycles. The number of hydrogen-bond acceptors (Lipinski definition) is 4. The third-order valence-electron chi connectivity index (χ3n) is 3.90. The van der Waals surface area contributed by atoms with Gasteiger partial charge < -0.3 is 15.6 Å². The van der Waals surface area contributed by atoms with Crippen LogP contribution < -0.4 is 5.73 Å². The number of hydrogen-bond donors (Lipinski definition) is 2. The van der Waals surface area contributed by atoms with Crippen molar-refractivity contribution in [3.8, 4) is 0 Å². The fourth-order valence-electron chi connectivity index (χ4n) is 2.85. The molecule has 0 bridgehead atoms. The number of nitrogen functional groups attached to an aromatic ring is 1. The molecule has 112 valence electrons. The number of likely N-dealkylation sites (tertiary alicyclic amines) is 1. The number of nitrogens with one attached hydrogen (secondary N) is 1. The number of nitrogens with zero attached hydrogens (tertiary/aromatic N) is 4. The maximum Gasteiger partial charge on any atom is 0.244 e. The van der Waals surface area contributed by atoms with Crippen LogP contribution in [0.15, 0.2) is 18.5 Å². The number of aryl methyl sites for hydroxylation is 1. The summed E-state index contributed by atoms with van der Waals surface area (Å²) < 4.78 is 1.56. The molecule has 1 aliphatic rings. The highest BCUT2D eigenvalue weighted by Crippen LogP contribution is 2.24. The van der Waals surface area contributed by atoms with Gasteiger partial charge in [0.05, 0.1) is 5.69 Å². The van der Waals surface area contributed by atoms with Crippen LogP contribution in [0, 0.1) is 6.92 Å². The number of imidazole rings is 1. The van der Waals surface area contributed by atoms with E-state index in [9.17, 15) is 4.79 Å². The lowest BCUT2D eigenvalue weighted by molar-refractivity contribution is -0.133. The van der Waals surface area contributed by atoms with Crippen LogP contribution in [0.25, 0.3) is 0 Å². The molecule has 1 saturated heterocycles. The number of H-pyrrole nitrogens is 1. The van der Waals surface area contributed by atoms with Crippen molar-refractivity contribution in [1.29, 1.82) is 0 Å². The first-order valence-corrected chi connectivity index (χ1v) is 7.20. The van der Waals surface area contributed by atoms with Gasteiger partial charge in [0.1, 0.15) is 18.2 Å². The molecule has 0 saturated carbocycles. The maximum atomic E-state index is 12.4. The van der Waals surface area contributed by atoms with Crippen molar-refractivity contribution in [3.63, 3.8) is 0 Å². The smallest absolute Gasteiger partial charge is 0.244 e. The predicted octanol–water partition coefficient (Wildman–Crippen LogP) is 0.903. The molecule has 7 nitrogen and oxygen atoms in total. The van der Waals surface area contributed by atoms with Gasteiger partial charge >= 0.3 is 0 Å². The topological polar surface area (TPSA) is 92.8 Å². The van der Waals surface area contributed by atoms with Gasteiger partial charge in [-0.3, -0.25) is 4.79 Å². The van der Waals surface area contributed by atoms with Gasteiger partial charge in [0.2, 0.25) is 5.91 Å². The Kier molecular flexibility index (Phi) is 3.64. The Bertz CT molecular complexity index is 617. The fraction of sp³-hybridized carbons (Fsp3) is 0.500. The molecule has 1 atom stereocenters. The molecule has 21 heavy (non-hydrogen) atoms. The van der Waals surface area contributed by atoms with Gasteiger partial charge in [-0.05, 0) is 19.8 Å². The number of aromatic amines is 1. The first-order valence-electron chi connectivity index (χ1n) is 7.20. The van der Waals surface area contributed by atoms with Gasteiger partial charge in [0.25, 0.3) is 0 Å². The van der Waals surface area contributed by atoms with Gasteiger partial charge in [-0.15, -0.1) is 0 Å². The second kappa shape index (κ2) is 5.59. The largest absolute Gasteiger partial charge is 0.384 e. The van der Waals surface area contributed by atoms with Gasteiger partial charge in [-0.1, -0.05) is 0 Å². The van der Waals surface area contributed by atoms with Crippen molar-refractivity contribution in [2.45, 2.75) is 32.2 Å². The van der Waals surface area contributed by atoms with Crippen molar-refractivity contribution in [3.05, 3.63) is 30.0 Å². The van der Waals surface area contributed by atoms with E-state index in [4.69, 9.17) is 5.73 Å². The van der Waals surface area contributed by atoms with Crippen LogP contribution in [0.4, 0.5) is 5.82 Å². The average Bonchev–Trinajstić information content (AvgIpc) is 3.09. The highest BCUT2D eigenvalue weighted by Gasteiger charge is 2.26. The zero-order chi connectivity index (χ0) is 14.8. The van der Waals surface area contributed by atoms with Gasteiger partial charge in [0.15, 0.2) is 0 Å². The van der Waals surface area contributed by atoms with Crippen molar-refractivity contribution in [2.75, 3.05) is 18.8 Å². The quantitative estimate of drug-likeness (QED) is 0.877. The van der Waals surface area contributed by atoms with E-state index in [-0.39, 0.29) is 18.4 Å². The third-order valence-corrected chi connectivity index (χ3v) is 3.90. The molecule has 2 aromatic rings. The number of aromatic nitrogens is 4. The number of piperidine rings is 1. The second-order valence-corrected chi connectivity index (χ2v) is 5.52. The average molecular weight is 288 g/mol. The second-order valence-electron chi connectivity index (χ2n) is 5.52. The maximum absolute atomic E-state index is 12.4. The zero-order valence-electron chi connectivity index (χ0n) is 12.1. The monoisotopic (exact) mass is 288 g/mol. The molecule has 1 aliphatic heterocycles. The van der Waals surface area contributed by atoms with Crippen LogP contribution in [-0.4, -0.2) is 43.6 Å². The highest BCUT2D eigenvalue weighted by atomic mass is 16.2. The van der Waals surface area contributed by atoms with Crippen molar-refractivity contribution < 1.29 is 4.79 Å². The Labute approximate surface area is 123 Å². The Balaban J connectivity index is 1.66. The Morgan fingerprint density at radius 3 is 3.10 bits per heavy atom. The summed E-state index contributed by atoms with van der Waals surface area (Å²) in [7, 11) is 0. The van der Waals surface area contributed by atoms with E-state index in [0.29, 0.717) is 12.4 Å². The summed E-state index contributed by atoms with van der Waals surface area (Å²) in [5, 5.41) is 4.24. The normalized spacial score (nSPS) is 18.9. The molecule has 3 N–H and O–H groups in total. The molecule has 1 amide bonds. The number of carbonyl (C=O) groups excluding carboxylic acids is 1. The highest BCUT2D eigenvalue weighted by molar-refractivity contribution is 5.76. The van der Waals surface area contributed by atoms with Gasteiger partial charge in [0, 0.05) is 37.5 Å². The molecule has 3 rings (SSSR count). The van der Waals surface area contributed by atoms with Crippen LogP contribution in [-0.2, 0) is 11.3 Å². The van der Waals surface area contributed by atoms with E-state index < -0.39 is 0 Å². The van der Waals surface area contributed by atoms with E-state index in [0.717, 1.165) is 30.9 Å². The van der Waals surface area contributed by atoms with E-state index in [1.807, 2.05) is 18.0 Å². The molecule has 7 heteroatoms. The Morgan fingerprint density at radius 2 is 2.43 bits per heavy atom. The van der Waals surface area contributed by atoms with E-state index in [1.54, 1.807) is 16.9 Å². The number of carbonyl (C=O) groups is 1. The number of nitrogens with two attached hydrogens (primary N) is 1.